The summed E-state index contributed by atoms with van der Waals surface area (Å²) in [5.74, 6) is 0.679. The Hall–Kier alpha value is -0.960. The standard InChI is InChI=1S/C15H21NOS/c1-11(16-15(17)8-9-18)13-7-6-12-4-2-3-5-14(12)10-13/h6-7,10-11,18H,2-5,8-9H2,1H3,(H,16,17). The molecule has 2 nitrogen and oxygen atoms in total. The van der Waals surface area contributed by atoms with Crippen LogP contribution in [-0.4, -0.2) is 11.7 Å². The van der Waals surface area contributed by atoms with Gasteiger partial charge in [-0.1, -0.05) is 18.2 Å². The smallest absolute Gasteiger partial charge is 0.221 e. The second-order valence-electron chi connectivity index (χ2n) is 5.00. The summed E-state index contributed by atoms with van der Waals surface area (Å²) in [6, 6.07) is 6.73. The maximum absolute atomic E-state index is 11.6. The van der Waals surface area contributed by atoms with Gasteiger partial charge in [0.2, 0.25) is 5.91 Å². The van der Waals surface area contributed by atoms with Gasteiger partial charge in [-0.3, -0.25) is 4.79 Å². The van der Waals surface area contributed by atoms with Crippen LogP contribution >= 0.6 is 12.6 Å². The molecule has 0 saturated carbocycles. The quantitative estimate of drug-likeness (QED) is 0.803. The van der Waals surface area contributed by atoms with Crippen molar-refractivity contribution in [2.45, 2.75) is 45.1 Å². The molecule has 18 heavy (non-hydrogen) atoms. The van der Waals surface area contributed by atoms with Gasteiger partial charge in [0, 0.05) is 6.42 Å². The minimum atomic E-state index is 0.0789. The van der Waals surface area contributed by atoms with Gasteiger partial charge in [0.15, 0.2) is 0 Å². The van der Waals surface area contributed by atoms with Crippen molar-refractivity contribution in [1.82, 2.24) is 5.32 Å². The highest BCUT2D eigenvalue weighted by atomic mass is 32.1. The van der Waals surface area contributed by atoms with E-state index in [-0.39, 0.29) is 11.9 Å². The van der Waals surface area contributed by atoms with Gasteiger partial charge in [0.25, 0.3) is 0 Å². The summed E-state index contributed by atoms with van der Waals surface area (Å²) in [6.45, 7) is 2.04. The summed E-state index contributed by atoms with van der Waals surface area (Å²) in [4.78, 5) is 11.6. The number of carbonyl (C=O) groups excluding carboxylic acids is 1. The van der Waals surface area contributed by atoms with Crippen molar-refractivity contribution in [1.29, 1.82) is 0 Å². The second kappa shape index (κ2) is 6.28. The first-order chi connectivity index (χ1) is 8.70. The number of carbonyl (C=O) groups is 1. The van der Waals surface area contributed by atoms with Crippen molar-refractivity contribution in [2.75, 3.05) is 5.75 Å². The van der Waals surface area contributed by atoms with Crippen LogP contribution in [0.1, 0.15) is 48.9 Å². The maximum Gasteiger partial charge on any atom is 0.221 e. The van der Waals surface area contributed by atoms with Crippen LogP contribution in [0.2, 0.25) is 0 Å². The van der Waals surface area contributed by atoms with Gasteiger partial charge in [-0.15, -0.1) is 0 Å². The molecule has 0 radical (unpaired) electrons. The van der Waals surface area contributed by atoms with Gasteiger partial charge in [0.1, 0.15) is 0 Å². The molecule has 0 aromatic heterocycles. The van der Waals surface area contributed by atoms with Crippen molar-refractivity contribution < 1.29 is 4.79 Å². The predicted octanol–water partition coefficient (Wildman–Crippen LogP) is 3.06. The number of nitrogens with one attached hydrogen (secondary N) is 1. The molecule has 98 valence electrons. The van der Waals surface area contributed by atoms with E-state index < -0.39 is 0 Å². The molecular formula is C15H21NOS. The van der Waals surface area contributed by atoms with Crippen molar-refractivity contribution in [3.8, 4) is 0 Å². The lowest BCUT2D eigenvalue weighted by Gasteiger charge is -2.20. The van der Waals surface area contributed by atoms with Crippen molar-refractivity contribution >= 4 is 18.5 Å². The zero-order chi connectivity index (χ0) is 13.0. The Bertz CT molecular complexity index is 431. The highest BCUT2D eigenvalue weighted by Gasteiger charge is 2.13. The van der Waals surface area contributed by atoms with E-state index >= 15 is 0 Å². The van der Waals surface area contributed by atoms with Gasteiger partial charge in [-0.2, -0.15) is 12.6 Å². The topological polar surface area (TPSA) is 29.1 Å². The number of thiol groups is 1. The van der Waals surface area contributed by atoms with Crippen LogP contribution in [0.5, 0.6) is 0 Å². The Morgan fingerprint density at radius 2 is 2.06 bits per heavy atom. The third kappa shape index (κ3) is 3.29. The largest absolute Gasteiger partial charge is 0.350 e. The van der Waals surface area contributed by atoms with Crippen molar-refractivity contribution in [3.63, 3.8) is 0 Å². The molecule has 0 spiro atoms. The molecule has 1 aliphatic rings. The molecule has 0 heterocycles. The van der Waals surface area contributed by atoms with Crippen LogP contribution in [-0.2, 0) is 17.6 Å². The average Bonchev–Trinajstić information content (AvgIpc) is 2.38. The first kappa shape index (κ1) is 13.5. The molecule has 1 aliphatic carbocycles. The summed E-state index contributed by atoms with van der Waals surface area (Å²) in [7, 11) is 0. The number of amides is 1. The predicted molar refractivity (Wildman–Crippen MR) is 78.1 cm³/mol. The van der Waals surface area contributed by atoms with Crippen LogP contribution in [0, 0.1) is 0 Å². The Kier molecular flexibility index (Phi) is 4.70. The summed E-state index contributed by atoms with van der Waals surface area (Å²) in [5.41, 5.74) is 4.16. The number of benzene rings is 1. The maximum atomic E-state index is 11.6. The van der Waals surface area contributed by atoms with Gasteiger partial charge in [-0.25, -0.2) is 0 Å². The molecular weight excluding hydrogens is 242 g/mol. The van der Waals surface area contributed by atoms with E-state index in [4.69, 9.17) is 0 Å². The molecule has 0 aliphatic heterocycles. The van der Waals surface area contributed by atoms with Gasteiger partial charge < -0.3 is 5.32 Å². The molecule has 1 atom stereocenters. The SMILES string of the molecule is CC(NC(=O)CCS)c1ccc2c(c1)CCCC2. The number of hydrogen-bond donors (Lipinski definition) is 2. The molecule has 0 bridgehead atoms. The molecule has 1 N–H and O–H groups in total. The molecule has 1 aromatic carbocycles. The van der Waals surface area contributed by atoms with Crippen molar-refractivity contribution in [2.24, 2.45) is 0 Å². The lowest BCUT2D eigenvalue weighted by molar-refractivity contribution is -0.121. The minimum Gasteiger partial charge on any atom is -0.350 e. The van der Waals surface area contributed by atoms with Crippen LogP contribution in [0.4, 0.5) is 0 Å². The summed E-state index contributed by atoms with van der Waals surface area (Å²) < 4.78 is 0. The lowest BCUT2D eigenvalue weighted by atomic mass is 9.89. The second-order valence-corrected chi connectivity index (χ2v) is 5.45. The normalized spacial score (nSPS) is 15.9. The Morgan fingerprint density at radius 1 is 1.33 bits per heavy atom. The zero-order valence-corrected chi connectivity index (χ0v) is 11.8. The summed E-state index contributed by atoms with van der Waals surface area (Å²) in [6.07, 6.45) is 5.46. The van der Waals surface area contributed by atoms with E-state index in [1.54, 1.807) is 0 Å². The van der Waals surface area contributed by atoms with Crippen LogP contribution in [0.3, 0.4) is 0 Å². The van der Waals surface area contributed by atoms with Crippen LogP contribution in [0.25, 0.3) is 0 Å². The Balaban J connectivity index is 2.06. The highest BCUT2D eigenvalue weighted by Crippen LogP contribution is 2.24. The fraction of sp³-hybridized carbons (Fsp3) is 0.533. The van der Waals surface area contributed by atoms with Gasteiger partial charge in [-0.05, 0) is 55.1 Å². The molecule has 0 fully saturated rings. The Labute approximate surface area is 115 Å². The molecule has 2 rings (SSSR count). The fourth-order valence-electron chi connectivity index (χ4n) is 2.52. The molecule has 1 aromatic rings. The highest BCUT2D eigenvalue weighted by molar-refractivity contribution is 7.80. The summed E-state index contributed by atoms with van der Waals surface area (Å²) in [5, 5.41) is 3.02. The number of aryl methyl sites for hydroxylation is 2. The zero-order valence-electron chi connectivity index (χ0n) is 10.9. The fourth-order valence-corrected chi connectivity index (χ4v) is 2.72. The van der Waals surface area contributed by atoms with E-state index in [9.17, 15) is 4.79 Å². The van der Waals surface area contributed by atoms with Gasteiger partial charge in [0.05, 0.1) is 6.04 Å². The molecule has 0 saturated heterocycles. The third-order valence-electron chi connectivity index (χ3n) is 3.59. The first-order valence-corrected chi connectivity index (χ1v) is 7.36. The van der Waals surface area contributed by atoms with Gasteiger partial charge >= 0.3 is 0 Å². The van der Waals surface area contributed by atoms with E-state index in [0.717, 1.165) is 0 Å². The molecule has 3 heteroatoms. The average molecular weight is 263 g/mol. The monoisotopic (exact) mass is 263 g/mol. The molecule has 1 amide bonds. The van der Waals surface area contributed by atoms with E-state index in [0.29, 0.717) is 12.2 Å². The van der Waals surface area contributed by atoms with E-state index in [1.807, 2.05) is 6.92 Å². The summed E-state index contributed by atoms with van der Waals surface area (Å²) >= 11 is 4.07. The number of hydrogen-bond acceptors (Lipinski definition) is 2. The first-order valence-electron chi connectivity index (χ1n) is 6.72. The Morgan fingerprint density at radius 3 is 2.78 bits per heavy atom. The van der Waals surface area contributed by atoms with E-state index in [2.05, 4.69) is 36.1 Å². The molecule has 1 unspecified atom stereocenters. The number of fused-ring (bicyclic) bond motifs is 1. The third-order valence-corrected chi connectivity index (χ3v) is 3.81. The van der Waals surface area contributed by atoms with Crippen LogP contribution < -0.4 is 5.32 Å². The van der Waals surface area contributed by atoms with Crippen LogP contribution in [0.15, 0.2) is 18.2 Å². The minimum absolute atomic E-state index is 0.0789. The lowest BCUT2D eigenvalue weighted by Crippen LogP contribution is -2.26. The number of rotatable bonds is 4. The van der Waals surface area contributed by atoms with E-state index in [1.165, 1.54) is 42.4 Å². The van der Waals surface area contributed by atoms with Crippen molar-refractivity contribution in [3.05, 3.63) is 34.9 Å².